The number of rotatable bonds is 6. The minimum absolute atomic E-state index is 0.194. The fourth-order valence-corrected chi connectivity index (χ4v) is 5.32. The summed E-state index contributed by atoms with van der Waals surface area (Å²) in [5, 5.41) is 2.45. The molecule has 0 spiro atoms. The smallest absolute Gasteiger partial charge is 0.349 e. The van der Waals surface area contributed by atoms with Gasteiger partial charge in [0.2, 0.25) is 21.8 Å². The van der Waals surface area contributed by atoms with Crippen molar-refractivity contribution in [3.05, 3.63) is 72.3 Å². The number of carbonyl (C=O) groups is 1. The normalized spacial score (nSPS) is 18.8. The van der Waals surface area contributed by atoms with Crippen molar-refractivity contribution in [1.82, 2.24) is 24.6 Å². The summed E-state index contributed by atoms with van der Waals surface area (Å²) in [6.07, 6.45) is -3.29. The van der Waals surface area contributed by atoms with E-state index in [-0.39, 0.29) is 35.7 Å². The SMILES string of the molecule is O=C(NCc1cc(-c2cnc(C(F)(F)F)nc2)ccn1)C1C(F)CCN1S(=O)(=O)c1ccc(F)cc1. The molecule has 14 heteroatoms. The molecular formula is C22H18F5N5O3S. The largest absolute Gasteiger partial charge is 0.451 e. The molecule has 2 unspecified atom stereocenters. The third-order valence-corrected chi connectivity index (χ3v) is 7.36. The lowest BCUT2D eigenvalue weighted by atomic mass is 10.1. The first kappa shape index (κ1) is 25.6. The molecule has 2 aromatic heterocycles. The molecule has 0 aliphatic carbocycles. The van der Waals surface area contributed by atoms with E-state index < -0.39 is 46.0 Å². The zero-order valence-corrected chi connectivity index (χ0v) is 19.1. The zero-order chi connectivity index (χ0) is 26.1. The Kier molecular flexibility index (Phi) is 7.00. The third kappa shape index (κ3) is 5.33. The van der Waals surface area contributed by atoms with Crippen LogP contribution in [-0.4, -0.2) is 52.3 Å². The van der Waals surface area contributed by atoms with Gasteiger partial charge in [-0.15, -0.1) is 0 Å². The standard InChI is InChI=1S/C22H18F5N5O3S/c23-15-1-3-17(4-2-15)36(34,35)32-8-6-18(24)19(32)20(33)29-12-16-9-13(5-7-28-16)14-10-30-21(31-11-14)22(25,26)27/h1-5,7,9-11,18-19H,6,8,12H2,(H,29,33). The topological polar surface area (TPSA) is 105 Å². The molecular weight excluding hydrogens is 509 g/mol. The highest BCUT2D eigenvalue weighted by Crippen LogP contribution is 2.29. The molecule has 1 amide bonds. The summed E-state index contributed by atoms with van der Waals surface area (Å²) < 4.78 is 92.4. The highest BCUT2D eigenvalue weighted by Gasteiger charge is 2.46. The quantitative estimate of drug-likeness (QED) is 0.494. The number of benzene rings is 1. The number of pyridine rings is 1. The van der Waals surface area contributed by atoms with Gasteiger partial charge in [-0.2, -0.15) is 17.5 Å². The van der Waals surface area contributed by atoms with Gasteiger partial charge < -0.3 is 5.32 Å². The first-order valence-electron chi connectivity index (χ1n) is 10.5. The number of sulfonamides is 1. The summed E-state index contributed by atoms with van der Waals surface area (Å²) in [5.41, 5.74) is 0.976. The first-order valence-corrected chi connectivity index (χ1v) is 11.9. The molecule has 1 N–H and O–H groups in total. The second-order valence-electron chi connectivity index (χ2n) is 7.87. The van der Waals surface area contributed by atoms with Gasteiger partial charge in [0.1, 0.15) is 18.0 Å². The number of aromatic nitrogens is 3. The maximum Gasteiger partial charge on any atom is 0.451 e. The van der Waals surface area contributed by atoms with Crippen molar-refractivity contribution in [3.8, 4) is 11.1 Å². The molecule has 3 aromatic rings. The van der Waals surface area contributed by atoms with Gasteiger partial charge in [0, 0.05) is 30.7 Å². The Morgan fingerprint density at radius 3 is 2.36 bits per heavy atom. The van der Waals surface area contributed by atoms with Crippen LogP contribution >= 0.6 is 0 Å². The second-order valence-corrected chi connectivity index (χ2v) is 9.76. The summed E-state index contributed by atoms with van der Waals surface area (Å²) in [7, 11) is -4.27. The van der Waals surface area contributed by atoms with E-state index in [1.165, 1.54) is 18.3 Å². The molecule has 1 aromatic carbocycles. The summed E-state index contributed by atoms with van der Waals surface area (Å²) in [5.74, 6) is -2.83. The zero-order valence-electron chi connectivity index (χ0n) is 18.3. The predicted octanol–water partition coefficient (Wildman–Crippen LogP) is 3.11. The van der Waals surface area contributed by atoms with Gasteiger partial charge >= 0.3 is 6.18 Å². The van der Waals surface area contributed by atoms with E-state index in [2.05, 4.69) is 20.3 Å². The van der Waals surface area contributed by atoms with Crippen LogP contribution in [0.15, 0.2) is 59.9 Å². The van der Waals surface area contributed by atoms with Crippen molar-refractivity contribution in [2.75, 3.05) is 6.54 Å². The third-order valence-electron chi connectivity index (χ3n) is 5.47. The van der Waals surface area contributed by atoms with Gasteiger partial charge in [0.05, 0.1) is 17.1 Å². The summed E-state index contributed by atoms with van der Waals surface area (Å²) in [6.45, 7) is -0.442. The number of alkyl halides is 4. The van der Waals surface area contributed by atoms with E-state index in [1.807, 2.05) is 0 Å². The second kappa shape index (κ2) is 9.85. The van der Waals surface area contributed by atoms with Crippen LogP contribution in [0.2, 0.25) is 0 Å². The van der Waals surface area contributed by atoms with Crippen LogP contribution in [-0.2, 0) is 27.5 Å². The molecule has 4 rings (SSSR count). The van der Waals surface area contributed by atoms with E-state index >= 15 is 0 Å². The Bertz CT molecular complexity index is 1350. The van der Waals surface area contributed by atoms with E-state index in [0.29, 0.717) is 5.56 Å². The number of hydrogen-bond acceptors (Lipinski definition) is 6. The minimum Gasteiger partial charge on any atom is -0.349 e. The van der Waals surface area contributed by atoms with Gasteiger partial charge in [-0.3, -0.25) is 9.78 Å². The highest BCUT2D eigenvalue weighted by molar-refractivity contribution is 7.89. The number of carbonyl (C=O) groups excluding carboxylic acids is 1. The van der Waals surface area contributed by atoms with Crippen molar-refractivity contribution in [1.29, 1.82) is 0 Å². The minimum atomic E-state index is -4.68. The Hall–Kier alpha value is -3.52. The number of nitrogens with zero attached hydrogens (tertiary/aromatic N) is 4. The lowest BCUT2D eigenvalue weighted by Crippen LogP contribution is -2.49. The molecule has 0 bridgehead atoms. The van der Waals surface area contributed by atoms with Crippen molar-refractivity contribution >= 4 is 15.9 Å². The molecule has 190 valence electrons. The van der Waals surface area contributed by atoms with E-state index in [1.54, 1.807) is 0 Å². The van der Waals surface area contributed by atoms with Crippen LogP contribution < -0.4 is 5.32 Å². The summed E-state index contributed by atoms with van der Waals surface area (Å²) >= 11 is 0. The fourth-order valence-electron chi connectivity index (χ4n) is 3.69. The number of nitrogens with one attached hydrogen (secondary N) is 1. The Balaban J connectivity index is 1.47. The summed E-state index contributed by atoms with van der Waals surface area (Å²) in [6, 6.07) is 5.31. The highest BCUT2D eigenvalue weighted by atomic mass is 32.2. The lowest BCUT2D eigenvalue weighted by molar-refractivity contribution is -0.145. The monoisotopic (exact) mass is 527 g/mol. The van der Waals surface area contributed by atoms with Crippen LogP contribution in [0.5, 0.6) is 0 Å². The van der Waals surface area contributed by atoms with Crippen molar-refractivity contribution in [2.24, 2.45) is 0 Å². The molecule has 1 saturated heterocycles. The van der Waals surface area contributed by atoms with Crippen molar-refractivity contribution in [2.45, 2.75) is 36.3 Å². The van der Waals surface area contributed by atoms with Gasteiger partial charge in [-0.05, 0) is 48.4 Å². The molecule has 2 atom stereocenters. The van der Waals surface area contributed by atoms with Crippen LogP contribution in [0, 0.1) is 5.82 Å². The Morgan fingerprint density at radius 2 is 1.72 bits per heavy atom. The molecule has 3 heterocycles. The molecule has 1 aliphatic rings. The Morgan fingerprint density at radius 1 is 1.06 bits per heavy atom. The van der Waals surface area contributed by atoms with Gasteiger partial charge in [-0.1, -0.05) is 0 Å². The van der Waals surface area contributed by atoms with Crippen molar-refractivity contribution < 1.29 is 35.2 Å². The van der Waals surface area contributed by atoms with Crippen LogP contribution in [0.4, 0.5) is 22.0 Å². The average molecular weight is 527 g/mol. The average Bonchev–Trinajstić information content (AvgIpc) is 3.25. The van der Waals surface area contributed by atoms with Gasteiger partial charge in [0.25, 0.3) is 0 Å². The van der Waals surface area contributed by atoms with E-state index in [4.69, 9.17) is 0 Å². The fraction of sp³-hybridized carbons (Fsp3) is 0.273. The maximum absolute atomic E-state index is 14.6. The van der Waals surface area contributed by atoms with E-state index in [9.17, 15) is 35.2 Å². The van der Waals surface area contributed by atoms with Crippen LogP contribution in [0.25, 0.3) is 11.1 Å². The molecule has 0 radical (unpaired) electrons. The molecule has 1 aliphatic heterocycles. The number of halogens is 5. The van der Waals surface area contributed by atoms with Gasteiger partial charge in [-0.25, -0.2) is 27.2 Å². The molecule has 8 nitrogen and oxygen atoms in total. The van der Waals surface area contributed by atoms with Crippen LogP contribution in [0.3, 0.4) is 0 Å². The first-order chi connectivity index (χ1) is 17.0. The molecule has 1 fully saturated rings. The maximum atomic E-state index is 14.6. The van der Waals surface area contributed by atoms with Crippen molar-refractivity contribution in [3.63, 3.8) is 0 Å². The van der Waals surface area contributed by atoms with E-state index in [0.717, 1.165) is 41.0 Å². The molecule has 36 heavy (non-hydrogen) atoms. The predicted molar refractivity (Wildman–Crippen MR) is 116 cm³/mol. The summed E-state index contributed by atoms with van der Waals surface area (Å²) in [4.78, 5) is 23.2. The Labute approximate surface area is 202 Å². The van der Waals surface area contributed by atoms with Gasteiger partial charge in [0.15, 0.2) is 0 Å². The molecule has 0 saturated carbocycles. The number of amides is 1. The number of hydrogen-bond donors (Lipinski definition) is 1. The lowest BCUT2D eigenvalue weighted by Gasteiger charge is -2.24. The van der Waals surface area contributed by atoms with Crippen LogP contribution in [0.1, 0.15) is 17.9 Å².